The van der Waals surface area contributed by atoms with Crippen molar-refractivity contribution in [2.45, 2.75) is 6.04 Å². The fourth-order valence-electron chi connectivity index (χ4n) is 3.29. The zero-order valence-corrected chi connectivity index (χ0v) is 14.4. The maximum Gasteiger partial charge on any atom is 0.272 e. The van der Waals surface area contributed by atoms with Crippen molar-refractivity contribution in [1.82, 2.24) is 15.2 Å². The number of benzene rings is 2. The summed E-state index contributed by atoms with van der Waals surface area (Å²) in [4.78, 5) is 30.0. The fourth-order valence-corrected chi connectivity index (χ4v) is 3.59. The van der Waals surface area contributed by atoms with E-state index in [1.165, 1.54) is 23.1 Å². The standard InChI is InChI=1S/C19H15ClFN3O2/c20-15-13-6-1-2-7-14(13)23-16(15)19(26)24-9-8-22-18(25)17(24)11-4-3-5-12(21)10-11/h1-7,10,17,23H,8-9H2,(H,22,25)/t17-/m0/s1. The highest BCUT2D eigenvalue weighted by atomic mass is 35.5. The summed E-state index contributed by atoms with van der Waals surface area (Å²) in [5.41, 5.74) is 1.39. The minimum Gasteiger partial charge on any atom is -0.352 e. The van der Waals surface area contributed by atoms with Crippen molar-refractivity contribution in [3.8, 4) is 0 Å². The lowest BCUT2D eigenvalue weighted by atomic mass is 10.0. The van der Waals surface area contributed by atoms with E-state index in [9.17, 15) is 14.0 Å². The molecule has 0 unspecified atom stereocenters. The number of aromatic nitrogens is 1. The van der Waals surface area contributed by atoms with Crippen molar-refractivity contribution in [1.29, 1.82) is 0 Å². The van der Waals surface area contributed by atoms with Crippen LogP contribution in [0.5, 0.6) is 0 Å². The van der Waals surface area contributed by atoms with E-state index in [0.29, 0.717) is 23.7 Å². The number of H-pyrrole nitrogens is 1. The zero-order valence-electron chi connectivity index (χ0n) is 13.6. The number of aromatic amines is 1. The van der Waals surface area contributed by atoms with Crippen LogP contribution in [0.3, 0.4) is 0 Å². The van der Waals surface area contributed by atoms with Crippen LogP contribution in [0, 0.1) is 5.82 Å². The van der Waals surface area contributed by atoms with Gasteiger partial charge in [0.1, 0.15) is 17.6 Å². The molecule has 1 aliphatic heterocycles. The van der Waals surface area contributed by atoms with E-state index >= 15 is 0 Å². The van der Waals surface area contributed by atoms with Gasteiger partial charge in [0.2, 0.25) is 5.91 Å². The molecule has 1 saturated heterocycles. The van der Waals surface area contributed by atoms with Crippen LogP contribution in [0.2, 0.25) is 5.02 Å². The maximum atomic E-state index is 13.6. The number of hydrogen-bond acceptors (Lipinski definition) is 2. The molecule has 132 valence electrons. The second-order valence-corrected chi connectivity index (χ2v) is 6.48. The monoisotopic (exact) mass is 371 g/mol. The van der Waals surface area contributed by atoms with Gasteiger partial charge in [0.15, 0.2) is 0 Å². The van der Waals surface area contributed by atoms with Gasteiger partial charge in [0.25, 0.3) is 5.91 Å². The molecule has 0 radical (unpaired) electrons. The Kier molecular flexibility index (Phi) is 4.12. The minimum absolute atomic E-state index is 0.226. The predicted octanol–water partition coefficient (Wildman–Crippen LogP) is 3.27. The highest BCUT2D eigenvalue weighted by Gasteiger charge is 2.36. The van der Waals surface area contributed by atoms with Crippen molar-refractivity contribution in [2.75, 3.05) is 13.1 Å². The number of nitrogens with one attached hydrogen (secondary N) is 2. The highest BCUT2D eigenvalue weighted by Crippen LogP contribution is 2.31. The smallest absolute Gasteiger partial charge is 0.272 e. The third-order valence-corrected chi connectivity index (χ3v) is 4.89. The second kappa shape index (κ2) is 6.46. The molecule has 3 aromatic rings. The summed E-state index contributed by atoms with van der Waals surface area (Å²) in [6, 6.07) is 12.1. The van der Waals surface area contributed by atoms with Crippen molar-refractivity contribution in [2.24, 2.45) is 0 Å². The van der Waals surface area contributed by atoms with Crippen LogP contribution in [-0.2, 0) is 4.79 Å². The molecule has 0 bridgehead atoms. The summed E-state index contributed by atoms with van der Waals surface area (Å²) < 4.78 is 13.6. The Bertz CT molecular complexity index is 1020. The largest absolute Gasteiger partial charge is 0.352 e. The number of fused-ring (bicyclic) bond motifs is 1. The van der Waals surface area contributed by atoms with Crippen LogP contribution in [0.25, 0.3) is 10.9 Å². The third-order valence-electron chi connectivity index (χ3n) is 4.49. The molecule has 7 heteroatoms. The van der Waals surface area contributed by atoms with Gasteiger partial charge in [0, 0.05) is 24.0 Å². The molecule has 2 aromatic carbocycles. The van der Waals surface area contributed by atoms with Crippen LogP contribution in [0.4, 0.5) is 4.39 Å². The lowest BCUT2D eigenvalue weighted by molar-refractivity contribution is -0.128. The van der Waals surface area contributed by atoms with E-state index in [0.717, 1.165) is 10.9 Å². The summed E-state index contributed by atoms with van der Waals surface area (Å²) in [6.45, 7) is 0.631. The molecule has 1 fully saturated rings. The summed E-state index contributed by atoms with van der Waals surface area (Å²) in [5, 5.41) is 3.78. The number of nitrogens with zero attached hydrogens (tertiary/aromatic N) is 1. The van der Waals surface area contributed by atoms with E-state index in [-0.39, 0.29) is 11.6 Å². The normalized spacial score (nSPS) is 17.4. The van der Waals surface area contributed by atoms with Crippen LogP contribution in [-0.4, -0.2) is 34.8 Å². The molecular weight excluding hydrogens is 357 g/mol. The van der Waals surface area contributed by atoms with Crippen molar-refractivity contribution in [3.63, 3.8) is 0 Å². The first-order chi connectivity index (χ1) is 12.6. The van der Waals surface area contributed by atoms with Crippen LogP contribution >= 0.6 is 11.6 Å². The Labute approximate surface area is 153 Å². The molecule has 5 nitrogen and oxygen atoms in total. The average molecular weight is 372 g/mol. The minimum atomic E-state index is -0.908. The number of carbonyl (C=O) groups excluding carboxylic acids is 2. The van der Waals surface area contributed by atoms with Gasteiger partial charge in [-0.2, -0.15) is 0 Å². The third kappa shape index (κ3) is 2.72. The van der Waals surface area contributed by atoms with E-state index in [1.807, 2.05) is 24.3 Å². The van der Waals surface area contributed by atoms with Gasteiger partial charge < -0.3 is 15.2 Å². The number of rotatable bonds is 2. The molecule has 0 aliphatic carbocycles. The van der Waals surface area contributed by atoms with Gasteiger partial charge >= 0.3 is 0 Å². The molecule has 0 saturated carbocycles. The molecule has 1 aliphatic rings. The van der Waals surface area contributed by atoms with E-state index < -0.39 is 17.8 Å². The molecular formula is C19H15ClFN3O2. The van der Waals surface area contributed by atoms with E-state index in [1.54, 1.807) is 6.07 Å². The highest BCUT2D eigenvalue weighted by molar-refractivity contribution is 6.38. The first-order valence-electron chi connectivity index (χ1n) is 8.16. The Hall–Kier alpha value is -2.86. The van der Waals surface area contributed by atoms with Gasteiger partial charge in [-0.25, -0.2) is 4.39 Å². The number of halogens is 2. The molecule has 2 amide bonds. The zero-order chi connectivity index (χ0) is 18.3. The summed E-state index contributed by atoms with van der Waals surface area (Å²) in [7, 11) is 0. The molecule has 1 aromatic heterocycles. The molecule has 26 heavy (non-hydrogen) atoms. The number of amides is 2. The topological polar surface area (TPSA) is 65.2 Å². The maximum absolute atomic E-state index is 13.6. The van der Waals surface area contributed by atoms with Gasteiger partial charge in [0.05, 0.1) is 5.02 Å². The molecule has 1 atom stereocenters. The Balaban J connectivity index is 1.77. The Morgan fingerprint density at radius 3 is 2.77 bits per heavy atom. The van der Waals surface area contributed by atoms with Crippen molar-refractivity contribution >= 4 is 34.3 Å². The number of hydrogen-bond donors (Lipinski definition) is 2. The number of piperazine rings is 1. The van der Waals surface area contributed by atoms with Crippen LogP contribution in [0.1, 0.15) is 22.1 Å². The van der Waals surface area contributed by atoms with E-state index in [2.05, 4.69) is 10.3 Å². The number of carbonyl (C=O) groups is 2. The quantitative estimate of drug-likeness (QED) is 0.726. The molecule has 2 heterocycles. The van der Waals surface area contributed by atoms with Crippen molar-refractivity contribution in [3.05, 3.63) is 70.6 Å². The van der Waals surface area contributed by atoms with Crippen LogP contribution < -0.4 is 5.32 Å². The fraction of sp³-hybridized carbons (Fsp3) is 0.158. The lowest BCUT2D eigenvalue weighted by Crippen LogP contribution is -2.52. The van der Waals surface area contributed by atoms with Gasteiger partial charge in [-0.05, 0) is 23.8 Å². The molecule has 0 spiro atoms. The first-order valence-corrected chi connectivity index (χ1v) is 8.54. The Morgan fingerprint density at radius 2 is 2.00 bits per heavy atom. The van der Waals surface area contributed by atoms with Gasteiger partial charge in [-0.3, -0.25) is 9.59 Å². The SMILES string of the molecule is O=C1NCCN(C(=O)c2[nH]c3ccccc3c2Cl)[C@H]1c1cccc(F)c1. The molecule has 4 rings (SSSR count). The Morgan fingerprint density at radius 1 is 1.19 bits per heavy atom. The molecule has 2 N–H and O–H groups in total. The van der Waals surface area contributed by atoms with E-state index in [4.69, 9.17) is 11.6 Å². The summed E-state index contributed by atoms with van der Waals surface area (Å²) in [5.74, 6) is -1.20. The van der Waals surface area contributed by atoms with Gasteiger partial charge in [-0.15, -0.1) is 0 Å². The predicted molar refractivity (Wildman–Crippen MR) is 96.5 cm³/mol. The first kappa shape index (κ1) is 16.6. The van der Waals surface area contributed by atoms with Crippen molar-refractivity contribution < 1.29 is 14.0 Å². The second-order valence-electron chi connectivity index (χ2n) is 6.11. The number of para-hydroxylation sites is 1. The summed E-state index contributed by atoms with van der Waals surface area (Å²) >= 11 is 6.39. The summed E-state index contributed by atoms with van der Waals surface area (Å²) in [6.07, 6.45) is 0. The lowest BCUT2D eigenvalue weighted by Gasteiger charge is -2.35. The van der Waals surface area contributed by atoms with Crippen LogP contribution in [0.15, 0.2) is 48.5 Å². The average Bonchev–Trinajstić information content (AvgIpc) is 2.98. The van der Waals surface area contributed by atoms with Gasteiger partial charge in [-0.1, -0.05) is 41.9 Å².